The molecule has 1 heterocycles. The number of rotatable bonds is 4. The molecule has 0 saturated carbocycles. The third kappa shape index (κ3) is 2.41. The lowest BCUT2D eigenvalue weighted by Gasteiger charge is -1.96. The summed E-state index contributed by atoms with van der Waals surface area (Å²) in [5.41, 5.74) is 0.981. The summed E-state index contributed by atoms with van der Waals surface area (Å²) in [7, 11) is 0. The van der Waals surface area contributed by atoms with E-state index in [1.807, 2.05) is 6.92 Å². The lowest BCUT2D eigenvalue weighted by molar-refractivity contribution is -0.390. The van der Waals surface area contributed by atoms with Gasteiger partial charge in [-0.15, -0.1) is 0 Å². The van der Waals surface area contributed by atoms with Crippen LogP contribution in [0.15, 0.2) is 22.8 Å². The predicted molar refractivity (Wildman–Crippen MR) is 56.0 cm³/mol. The molecular weight excluding hydrogens is 250 g/mol. The molecule has 6 heteroatoms. The second-order valence-corrected chi connectivity index (χ2v) is 3.71. The van der Waals surface area contributed by atoms with Gasteiger partial charge < -0.3 is 10.1 Å². The first-order chi connectivity index (χ1) is 6.54. The zero-order chi connectivity index (χ0) is 10.7. The first-order valence-electron chi connectivity index (χ1n) is 4.08. The molecule has 0 saturated heterocycles. The molecule has 0 fully saturated rings. The highest BCUT2D eigenvalue weighted by atomic mass is 79.9. The number of nitrogens with zero attached hydrogens (tertiary/aromatic N) is 3. The summed E-state index contributed by atoms with van der Waals surface area (Å²) in [6, 6.07) is 0. The van der Waals surface area contributed by atoms with Gasteiger partial charge in [0.1, 0.15) is 4.47 Å². The lowest BCUT2D eigenvalue weighted by Crippen LogP contribution is -2.01. The summed E-state index contributed by atoms with van der Waals surface area (Å²) in [6.07, 6.45) is 2.42. The third-order valence-corrected chi connectivity index (χ3v) is 2.32. The standard InChI is InChI=1S/C8H10BrN3O2/c1-3-6(2)4-11-5-7(9)8(10-11)12(13)14/h5H,2-4H2,1H3. The summed E-state index contributed by atoms with van der Waals surface area (Å²) < 4.78 is 1.90. The van der Waals surface area contributed by atoms with Crippen LogP contribution in [0.5, 0.6) is 0 Å². The second-order valence-electron chi connectivity index (χ2n) is 2.86. The Morgan fingerprint density at radius 3 is 2.93 bits per heavy atom. The Morgan fingerprint density at radius 2 is 2.50 bits per heavy atom. The van der Waals surface area contributed by atoms with Gasteiger partial charge in [-0.1, -0.05) is 19.1 Å². The molecule has 0 spiro atoms. The highest BCUT2D eigenvalue weighted by Gasteiger charge is 2.18. The SMILES string of the molecule is C=C(CC)Cn1cc(Br)c([N+](=O)[O-])n1. The van der Waals surface area contributed by atoms with E-state index in [9.17, 15) is 10.1 Å². The van der Waals surface area contributed by atoms with Crippen molar-refractivity contribution in [3.63, 3.8) is 0 Å². The second kappa shape index (κ2) is 4.36. The largest absolute Gasteiger partial charge is 0.404 e. The average Bonchev–Trinajstić information content (AvgIpc) is 2.46. The smallest absolute Gasteiger partial charge is 0.358 e. The molecule has 5 nitrogen and oxygen atoms in total. The van der Waals surface area contributed by atoms with Crippen molar-refractivity contribution in [1.82, 2.24) is 9.78 Å². The Morgan fingerprint density at radius 1 is 1.86 bits per heavy atom. The minimum Gasteiger partial charge on any atom is -0.358 e. The molecule has 14 heavy (non-hydrogen) atoms. The molecule has 0 unspecified atom stereocenters. The molecular formula is C8H10BrN3O2. The molecule has 76 valence electrons. The van der Waals surface area contributed by atoms with Crippen LogP contribution in [0, 0.1) is 10.1 Å². The molecule has 0 aliphatic carbocycles. The molecule has 0 bridgehead atoms. The van der Waals surface area contributed by atoms with Gasteiger partial charge in [-0.25, -0.2) is 0 Å². The highest BCUT2D eigenvalue weighted by molar-refractivity contribution is 9.10. The molecule has 0 aromatic carbocycles. The Hall–Kier alpha value is -1.17. The number of allylic oxidation sites excluding steroid dienone is 1. The Kier molecular flexibility index (Phi) is 3.40. The van der Waals surface area contributed by atoms with Gasteiger partial charge in [0.05, 0.1) is 17.8 Å². The van der Waals surface area contributed by atoms with Gasteiger partial charge in [0, 0.05) is 0 Å². The van der Waals surface area contributed by atoms with Crippen molar-refractivity contribution in [3.8, 4) is 0 Å². The van der Waals surface area contributed by atoms with E-state index in [-0.39, 0.29) is 5.82 Å². The fraction of sp³-hybridized carbons (Fsp3) is 0.375. The van der Waals surface area contributed by atoms with Crippen molar-refractivity contribution >= 4 is 21.7 Å². The Labute approximate surface area is 89.7 Å². The van der Waals surface area contributed by atoms with Crippen LogP contribution in [0.4, 0.5) is 5.82 Å². The van der Waals surface area contributed by atoms with Gasteiger partial charge >= 0.3 is 5.82 Å². The van der Waals surface area contributed by atoms with Crippen molar-refractivity contribution in [2.24, 2.45) is 0 Å². The summed E-state index contributed by atoms with van der Waals surface area (Å²) in [5, 5.41) is 14.3. The molecule has 1 rings (SSSR count). The van der Waals surface area contributed by atoms with Crippen LogP contribution in [-0.4, -0.2) is 14.7 Å². The van der Waals surface area contributed by atoms with Crippen LogP contribution in [0.2, 0.25) is 0 Å². The fourth-order valence-corrected chi connectivity index (χ4v) is 1.39. The molecule has 0 aliphatic rings. The lowest BCUT2D eigenvalue weighted by atomic mass is 10.2. The first kappa shape index (κ1) is 10.9. The maximum atomic E-state index is 10.5. The average molecular weight is 260 g/mol. The van der Waals surface area contributed by atoms with Gasteiger partial charge in [0.25, 0.3) is 0 Å². The van der Waals surface area contributed by atoms with Gasteiger partial charge in [0.15, 0.2) is 0 Å². The van der Waals surface area contributed by atoms with E-state index in [4.69, 9.17) is 0 Å². The van der Waals surface area contributed by atoms with E-state index < -0.39 is 4.92 Å². The minimum atomic E-state index is -0.519. The Bertz CT molecular complexity index is 373. The van der Waals surface area contributed by atoms with Crippen LogP contribution < -0.4 is 0 Å². The van der Waals surface area contributed by atoms with Gasteiger partial charge in [-0.05, 0) is 27.3 Å². The number of hydrogen-bond acceptors (Lipinski definition) is 3. The quantitative estimate of drug-likeness (QED) is 0.474. The van der Waals surface area contributed by atoms with Crippen molar-refractivity contribution in [1.29, 1.82) is 0 Å². The molecule has 0 aliphatic heterocycles. The van der Waals surface area contributed by atoms with E-state index in [0.29, 0.717) is 11.0 Å². The number of nitro groups is 1. The van der Waals surface area contributed by atoms with Crippen LogP contribution in [0.1, 0.15) is 13.3 Å². The van der Waals surface area contributed by atoms with Crippen LogP contribution in [-0.2, 0) is 6.54 Å². The number of aromatic nitrogens is 2. The van der Waals surface area contributed by atoms with Gasteiger partial charge in [-0.2, -0.15) is 4.68 Å². The molecule has 0 amide bonds. The van der Waals surface area contributed by atoms with E-state index in [1.54, 1.807) is 6.20 Å². The zero-order valence-electron chi connectivity index (χ0n) is 7.73. The zero-order valence-corrected chi connectivity index (χ0v) is 9.32. The van der Waals surface area contributed by atoms with E-state index >= 15 is 0 Å². The van der Waals surface area contributed by atoms with E-state index in [0.717, 1.165) is 12.0 Å². The van der Waals surface area contributed by atoms with Crippen LogP contribution >= 0.6 is 15.9 Å². The number of hydrogen-bond donors (Lipinski definition) is 0. The third-order valence-electron chi connectivity index (χ3n) is 1.76. The fourth-order valence-electron chi connectivity index (χ4n) is 0.932. The molecule has 0 atom stereocenters. The predicted octanol–water partition coefficient (Wildman–Crippen LogP) is 2.52. The van der Waals surface area contributed by atoms with Gasteiger partial charge in [0.2, 0.25) is 0 Å². The van der Waals surface area contributed by atoms with E-state index in [1.165, 1.54) is 4.68 Å². The summed E-state index contributed by atoms with van der Waals surface area (Å²) >= 11 is 3.07. The van der Waals surface area contributed by atoms with Crippen molar-refractivity contribution in [2.75, 3.05) is 0 Å². The monoisotopic (exact) mass is 259 g/mol. The topological polar surface area (TPSA) is 61.0 Å². The highest BCUT2D eigenvalue weighted by Crippen LogP contribution is 2.22. The summed E-state index contributed by atoms with van der Waals surface area (Å²) in [5.74, 6) is -0.158. The van der Waals surface area contributed by atoms with Crippen LogP contribution in [0.3, 0.4) is 0 Å². The molecule has 1 aromatic rings. The minimum absolute atomic E-state index is 0.158. The van der Waals surface area contributed by atoms with Gasteiger partial charge in [-0.3, -0.25) is 0 Å². The summed E-state index contributed by atoms with van der Waals surface area (Å²) in [4.78, 5) is 9.95. The van der Waals surface area contributed by atoms with E-state index in [2.05, 4.69) is 27.6 Å². The first-order valence-corrected chi connectivity index (χ1v) is 4.88. The molecule has 0 radical (unpaired) electrons. The normalized spacial score (nSPS) is 10.1. The Balaban J connectivity index is 2.86. The summed E-state index contributed by atoms with van der Waals surface area (Å²) in [6.45, 7) is 6.30. The van der Waals surface area contributed by atoms with Crippen molar-refractivity contribution in [2.45, 2.75) is 19.9 Å². The maximum Gasteiger partial charge on any atom is 0.404 e. The molecule has 1 aromatic heterocycles. The molecule has 0 N–H and O–H groups in total. The maximum absolute atomic E-state index is 10.5. The van der Waals surface area contributed by atoms with Crippen LogP contribution in [0.25, 0.3) is 0 Å². The van der Waals surface area contributed by atoms with Crippen molar-refractivity contribution in [3.05, 3.63) is 32.9 Å². The number of halogens is 1. The van der Waals surface area contributed by atoms with Crippen molar-refractivity contribution < 1.29 is 4.92 Å².